The molecule has 24 heavy (non-hydrogen) atoms. The highest BCUT2D eigenvalue weighted by molar-refractivity contribution is 7.80. The predicted molar refractivity (Wildman–Crippen MR) is 99.6 cm³/mol. The first-order chi connectivity index (χ1) is 11.5. The van der Waals surface area contributed by atoms with Crippen LogP contribution in [0.5, 0.6) is 0 Å². The first kappa shape index (κ1) is 17.5. The van der Waals surface area contributed by atoms with Crippen LogP contribution in [0.15, 0.2) is 65.1 Å². The summed E-state index contributed by atoms with van der Waals surface area (Å²) >= 11 is 5.20. The Labute approximate surface area is 145 Å². The quantitative estimate of drug-likeness (QED) is 0.386. The molecule has 0 saturated carbocycles. The number of hydrogen-bond donors (Lipinski definition) is 2. The second-order valence-electron chi connectivity index (χ2n) is 5.07. The Kier molecular flexibility index (Phi) is 5.92. The van der Waals surface area contributed by atoms with Crippen LogP contribution in [0.4, 0.5) is 5.69 Å². The van der Waals surface area contributed by atoms with Crippen molar-refractivity contribution in [3.05, 3.63) is 71.3 Å². The minimum atomic E-state index is -0.453. The molecule has 6 heteroatoms. The molecule has 122 valence electrons. The smallest absolute Gasteiger partial charge is 0.260 e. The molecule has 0 fully saturated rings. The molecule has 2 rings (SSSR count). The lowest BCUT2D eigenvalue weighted by Crippen LogP contribution is -2.18. The number of aliphatic hydroxyl groups is 1. The Morgan fingerprint density at radius 3 is 2.54 bits per heavy atom. The molecule has 0 aliphatic carbocycles. The fraction of sp³-hybridized carbons (Fsp3) is 0.111. The number of hydrogen-bond acceptors (Lipinski definition) is 4. The second kappa shape index (κ2) is 8.12. The Hall–Kier alpha value is -2.86. The van der Waals surface area contributed by atoms with Crippen LogP contribution in [0.2, 0.25) is 0 Å². The van der Waals surface area contributed by atoms with Crippen molar-refractivity contribution in [2.24, 2.45) is 4.99 Å². The number of aryl methyl sites for hydroxylation is 1. The van der Waals surface area contributed by atoms with Crippen LogP contribution in [0.1, 0.15) is 18.1 Å². The molecule has 2 N–H and O–H groups in total. The highest BCUT2D eigenvalue weighted by Gasteiger charge is 2.12. The first-order valence-corrected chi connectivity index (χ1v) is 7.65. The van der Waals surface area contributed by atoms with Crippen molar-refractivity contribution < 1.29 is 9.90 Å². The molecule has 0 aliphatic heterocycles. The minimum absolute atomic E-state index is 0.0506. The summed E-state index contributed by atoms with van der Waals surface area (Å²) in [5.41, 5.74) is 2.36. The van der Waals surface area contributed by atoms with E-state index in [1.165, 1.54) is 13.1 Å². The summed E-state index contributed by atoms with van der Waals surface area (Å²) < 4.78 is 0. The third-order valence-corrected chi connectivity index (χ3v) is 3.61. The lowest BCUT2D eigenvalue weighted by atomic mass is 10.1. The van der Waals surface area contributed by atoms with Crippen LogP contribution in [-0.2, 0) is 4.79 Å². The topological polar surface area (TPSA) is 74.6 Å². The summed E-state index contributed by atoms with van der Waals surface area (Å²) in [4.78, 5) is 20.7. The Balaban J connectivity index is 2.17. The maximum absolute atomic E-state index is 12.4. The van der Waals surface area contributed by atoms with E-state index in [9.17, 15) is 9.90 Å². The highest BCUT2D eigenvalue weighted by atomic mass is 32.1. The van der Waals surface area contributed by atoms with Gasteiger partial charge in [-0.25, -0.2) is 4.99 Å². The molecule has 1 amide bonds. The van der Waals surface area contributed by atoms with Gasteiger partial charge in [0, 0.05) is 29.9 Å². The molecular weight excluding hydrogens is 322 g/mol. The number of carbonyl (C=O) groups is 1. The van der Waals surface area contributed by atoms with Crippen LogP contribution < -0.4 is 5.32 Å². The summed E-state index contributed by atoms with van der Waals surface area (Å²) in [5, 5.41) is 12.5. The Morgan fingerprint density at radius 1 is 1.25 bits per heavy atom. The van der Waals surface area contributed by atoms with Crippen LogP contribution in [0.3, 0.4) is 0 Å². The van der Waals surface area contributed by atoms with Gasteiger partial charge in [0.05, 0.1) is 5.57 Å². The van der Waals surface area contributed by atoms with Gasteiger partial charge in [-0.2, -0.15) is 0 Å². The zero-order valence-corrected chi connectivity index (χ0v) is 14.2. The number of aliphatic hydroxyl groups excluding tert-OH is 1. The molecule has 1 aromatic carbocycles. The number of para-hydroxylation sites is 1. The number of allylic oxidation sites excluding steroid dienone is 1. The predicted octanol–water partition coefficient (Wildman–Crippen LogP) is 3.61. The third kappa shape index (κ3) is 4.57. The van der Waals surface area contributed by atoms with Crippen molar-refractivity contribution in [2.75, 3.05) is 5.32 Å². The SMILES string of the molecule is CC(O)=C(C=NC(=S)c1ccncc1)C(=O)Nc1ccccc1C. The van der Waals surface area contributed by atoms with Crippen molar-refractivity contribution in [2.45, 2.75) is 13.8 Å². The molecule has 0 bridgehead atoms. The van der Waals surface area contributed by atoms with E-state index in [1.807, 2.05) is 25.1 Å². The Morgan fingerprint density at radius 2 is 1.92 bits per heavy atom. The molecule has 0 aliphatic rings. The molecule has 0 spiro atoms. The van der Waals surface area contributed by atoms with Crippen LogP contribution in [0, 0.1) is 6.92 Å². The number of pyridine rings is 1. The molecular formula is C18H17N3O2S. The number of nitrogens with one attached hydrogen (secondary N) is 1. The summed E-state index contributed by atoms with van der Waals surface area (Å²) in [5.74, 6) is -0.590. The number of aliphatic imine (C=N–C) groups is 1. The summed E-state index contributed by atoms with van der Waals surface area (Å²) in [6, 6.07) is 10.8. The maximum Gasteiger partial charge on any atom is 0.260 e. The van der Waals surface area contributed by atoms with Gasteiger partial charge in [-0.05, 0) is 37.6 Å². The molecule has 1 aromatic heterocycles. The fourth-order valence-corrected chi connectivity index (χ4v) is 2.10. The number of rotatable bonds is 4. The monoisotopic (exact) mass is 339 g/mol. The van der Waals surface area contributed by atoms with Gasteiger partial charge in [0.25, 0.3) is 5.91 Å². The largest absolute Gasteiger partial charge is 0.512 e. The van der Waals surface area contributed by atoms with Gasteiger partial charge in [0.1, 0.15) is 10.7 Å². The molecule has 0 radical (unpaired) electrons. The standard InChI is InChI=1S/C18H17N3O2S/c1-12-5-3-4-6-16(12)21-17(23)15(13(2)22)11-20-18(24)14-7-9-19-10-8-14/h3-11,22H,1-2H3,(H,21,23). The Bertz CT molecular complexity index is 810. The van der Waals surface area contributed by atoms with E-state index in [2.05, 4.69) is 15.3 Å². The zero-order chi connectivity index (χ0) is 17.5. The van der Waals surface area contributed by atoms with Gasteiger partial charge < -0.3 is 10.4 Å². The van der Waals surface area contributed by atoms with E-state index >= 15 is 0 Å². The second-order valence-corrected chi connectivity index (χ2v) is 5.45. The van der Waals surface area contributed by atoms with Crippen LogP contribution in [0.25, 0.3) is 0 Å². The van der Waals surface area contributed by atoms with E-state index in [0.29, 0.717) is 16.2 Å². The fourth-order valence-electron chi connectivity index (χ4n) is 1.91. The summed E-state index contributed by atoms with van der Waals surface area (Å²) in [6.07, 6.45) is 4.48. The van der Waals surface area contributed by atoms with Crippen LogP contribution >= 0.6 is 12.2 Å². The number of amides is 1. The highest BCUT2D eigenvalue weighted by Crippen LogP contribution is 2.14. The van der Waals surface area contributed by atoms with Gasteiger partial charge in [-0.3, -0.25) is 9.78 Å². The lowest BCUT2D eigenvalue weighted by Gasteiger charge is -2.09. The number of thiocarbonyl (C=S) groups is 1. The van der Waals surface area contributed by atoms with E-state index < -0.39 is 5.91 Å². The first-order valence-electron chi connectivity index (χ1n) is 7.24. The summed E-state index contributed by atoms with van der Waals surface area (Å²) in [7, 11) is 0. The van der Waals surface area contributed by atoms with Gasteiger partial charge in [0.15, 0.2) is 0 Å². The van der Waals surface area contributed by atoms with Gasteiger partial charge in [-0.15, -0.1) is 0 Å². The van der Waals surface area contributed by atoms with Gasteiger partial charge in [-0.1, -0.05) is 30.4 Å². The average molecular weight is 339 g/mol. The van der Waals surface area contributed by atoms with Crippen LogP contribution in [-0.4, -0.2) is 27.2 Å². The molecule has 1 heterocycles. The number of aromatic nitrogens is 1. The normalized spacial score (nSPS) is 11.9. The van der Waals surface area contributed by atoms with Crippen molar-refractivity contribution in [3.63, 3.8) is 0 Å². The number of carbonyl (C=O) groups excluding carboxylic acids is 1. The van der Waals surface area contributed by atoms with Crippen molar-refractivity contribution in [3.8, 4) is 0 Å². The summed E-state index contributed by atoms with van der Waals surface area (Å²) in [6.45, 7) is 3.31. The van der Waals surface area contributed by atoms with Crippen molar-refractivity contribution >= 4 is 35.0 Å². The van der Waals surface area contributed by atoms with E-state index in [1.54, 1.807) is 30.6 Å². The van der Waals surface area contributed by atoms with Crippen molar-refractivity contribution in [1.82, 2.24) is 4.98 Å². The number of anilines is 1. The van der Waals surface area contributed by atoms with Gasteiger partial charge >= 0.3 is 0 Å². The maximum atomic E-state index is 12.4. The third-order valence-electron chi connectivity index (χ3n) is 3.27. The van der Waals surface area contributed by atoms with Gasteiger partial charge in [0.2, 0.25) is 0 Å². The number of benzene rings is 1. The molecule has 0 unspecified atom stereocenters. The van der Waals surface area contributed by atoms with E-state index in [-0.39, 0.29) is 11.3 Å². The minimum Gasteiger partial charge on any atom is -0.512 e. The average Bonchev–Trinajstić information content (AvgIpc) is 2.57. The molecule has 2 aromatic rings. The lowest BCUT2D eigenvalue weighted by molar-refractivity contribution is -0.112. The van der Waals surface area contributed by atoms with E-state index in [0.717, 1.165) is 5.56 Å². The van der Waals surface area contributed by atoms with E-state index in [4.69, 9.17) is 12.2 Å². The molecule has 0 saturated heterocycles. The number of nitrogens with zero attached hydrogens (tertiary/aromatic N) is 2. The van der Waals surface area contributed by atoms with Crippen molar-refractivity contribution in [1.29, 1.82) is 0 Å². The molecule has 0 atom stereocenters. The zero-order valence-electron chi connectivity index (χ0n) is 13.4. The molecule has 5 nitrogen and oxygen atoms in total.